The Morgan fingerprint density at radius 3 is 2.94 bits per heavy atom. The van der Waals surface area contributed by atoms with Gasteiger partial charge in [-0.15, -0.1) is 0 Å². The van der Waals surface area contributed by atoms with Crippen molar-refractivity contribution < 1.29 is 19.4 Å². The monoisotopic (exact) mass is 242 g/mol. The molecule has 1 saturated carbocycles. The molecule has 5 unspecified atom stereocenters. The molecular formula is C13H22O4. The highest BCUT2D eigenvalue weighted by atomic mass is 16.5. The average molecular weight is 242 g/mol. The fourth-order valence-electron chi connectivity index (χ4n) is 3.21. The SMILES string of the molecule is CCCC(=O)C1C(OC)CC2OCCC2C1O. The predicted molar refractivity (Wildman–Crippen MR) is 62.7 cm³/mol. The van der Waals surface area contributed by atoms with Gasteiger partial charge in [0.25, 0.3) is 0 Å². The van der Waals surface area contributed by atoms with Crippen LogP contribution in [0.15, 0.2) is 0 Å². The van der Waals surface area contributed by atoms with Crippen molar-refractivity contribution in [2.75, 3.05) is 13.7 Å². The lowest BCUT2D eigenvalue weighted by Crippen LogP contribution is -2.51. The summed E-state index contributed by atoms with van der Waals surface area (Å²) in [6.45, 7) is 2.67. The Kier molecular flexibility index (Phi) is 4.17. The number of carbonyl (C=O) groups is 1. The summed E-state index contributed by atoms with van der Waals surface area (Å²) in [5, 5.41) is 10.4. The number of methoxy groups -OCH3 is 1. The first-order valence-corrected chi connectivity index (χ1v) is 6.54. The number of fused-ring (bicyclic) bond motifs is 1. The van der Waals surface area contributed by atoms with Gasteiger partial charge in [-0.1, -0.05) is 6.92 Å². The number of hydrogen-bond acceptors (Lipinski definition) is 4. The molecule has 17 heavy (non-hydrogen) atoms. The van der Waals surface area contributed by atoms with Crippen LogP contribution in [0.4, 0.5) is 0 Å². The normalized spacial score (nSPS) is 41.2. The van der Waals surface area contributed by atoms with Crippen molar-refractivity contribution in [1.82, 2.24) is 0 Å². The highest BCUT2D eigenvalue weighted by Crippen LogP contribution is 2.39. The second-order valence-electron chi connectivity index (χ2n) is 5.10. The topological polar surface area (TPSA) is 55.8 Å². The van der Waals surface area contributed by atoms with Gasteiger partial charge in [0, 0.05) is 32.5 Å². The molecule has 0 amide bonds. The molecule has 4 nitrogen and oxygen atoms in total. The molecule has 5 atom stereocenters. The molecule has 0 bridgehead atoms. The molecule has 1 aliphatic heterocycles. The van der Waals surface area contributed by atoms with Crippen LogP contribution in [0.1, 0.15) is 32.6 Å². The Balaban J connectivity index is 2.13. The van der Waals surface area contributed by atoms with E-state index in [2.05, 4.69) is 0 Å². The second-order valence-corrected chi connectivity index (χ2v) is 5.10. The van der Waals surface area contributed by atoms with Gasteiger partial charge in [0.05, 0.1) is 24.2 Å². The van der Waals surface area contributed by atoms with Crippen LogP contribution in [0.3, 0.4) is 0 Å². The molecule has 98 valence electrons. The van der Waals surface area contributed by atoms with Gasteiger partial charge in [-0.25, -0.2) is 0 Å². The largest absolute Gasteiger partial charge is 0.392 e. The molecule has 1 heterocycles. The lowest BCUT2D eigenvalue weighted by atomic mass is 9.72. The molecule has 1 N–H and O–H groups in total. The fourth-order valence-corrected chi connectivity index (χ4v) is 3.21. The van der Waals surface area contributed by atoms with Gasteiger partial charge >= 0.3 is 0 Å². The van der Waals surface area contributed by atoms with Crippen LogP contribution >= 0.6 is 0 Å². The maximum atomic E-state index is 12.1. The number of aliphatic hydroxyl groups is 1. The standard InChI is InChI=1S/C13H22O4/c1-3-4-9(14)12-11(16-2)7-10-8(13(12)15)5-6-17-10/h8,10-13,15H,3-7H2,1-2H3. The number of rotatable bonds is 4. The summed E-state index contributed by atoms with van der Waals surface area (Å²) in [6.07, 6.45) is 2.23. The van der Waals surface area contributed by atoms with Crippen molar-refractivity contribution in [3.8, 4) is 0 Å². The number of aliphatic hydroxyl groups excluding tert-OH is 1. The highest BCUT2D eigenvalue weighted by Gasteiger charge is 2.49. The van der Waals surface area contributed by atoms with Crippen molar-refractivity contribution in [3.63, 3.8) is 0 Å². The third kappa shape index (κ3) is 2.39. The third-order valence-electron chi connectivity index (χ3n) is 4.10. The van der Waals surface area contributed by atoms with Crippen LogP contribution in [0.2, 0.25) is 0 Å². The maximum Gasteiger partial charge on any atom is 0.141 e. The summed E-state index contributed by atoms with van der Waals surface area (Å²) in [4.78, 5) is 12.1. The van der Waals surface area contributed by atoms with E-state index in [0.29, 0.717) is 13.0 Å². The van der Waals surface area contributed by atoms with E-state index in [1.165, 1.54) is 0 Å². The van der Waals surface area contributed by atoms with Crippen molar-refractivity contribution in [2.24, 2.45) is 11.8 Å². The lowest BCUT2D eigenvalue weighted by Gasteiger charge is -2.40. The van der Waals surface area contributed by atoms with Crippen molar-refractivity contribution in [3.05, 3.63) is 0 Å². The Morgan fingerprint density at radius 1 is 1.53 bits per heavy atom. The summed E-state index contributed by atoms with van der Waals surface area (Å²) < 4.78 is 11.0. The Bertz CT molecular complexity index is 279. The second kappa shape index (κ2) is 5.46. The van der Waals surface area contributed by atoms with Gasteiger partial charge in [0.15, 0.2) is 0 Å². The predicted octanol–water partition coefficient (Wildman–Crippen LogP) is 1.16. The number of ketones is 1. The lowest BCUT2D eigenvalue weighted by molar-refractivity contribution is -0.148. The maximum absolute atomic E-state index is 12.1. The van der Waals surface area contributed by atoms with E-state index in [1.807, 2.05) is 6.92 Å². The van der Waals surface area contributed by atoms with Crippen molar-refractivity contribution >= 4 is 5.78 Å². The minimum atomic E-state index is -0.597. The van der Waals surface area contributed by atoms with E-state index in [4.69, 9.17) is 9.47 Å². The molecular weight excluding hydrogens is 220 g/mol. The summed E-state index contributed by atoms with van der Waals surface area (Å²) in [6, 6.07) is 0. The van der Waals surface area contributed by atoms with E-state index >= 15 is 0 Å². The molecule has 0 aromatic carbocycles. The molecule has 0 aromatic heterocycles. The Morgan fingerprint density at radius 2 is 2.29 bits per heavy atom. The molecule has 4 heteroatoms. The van der Waals surface area contributed by atoms with Crippen LogP contribution in [-0.2, 0) is 14.3 Å². The molecule has 1 aliphatic carbocycles. The van der Waals surface area contributed by atoms with Gasteiger partial charge < -0.3 is 14.6 Å². The smallest absolute Gasteiger partial charge is 0.141 e. The molecule has 2 fully saturated rings. The molecule has 0 spiro atoms. The highest BCUT2D eigenvalue weighted by molar-refractivity contribution is 5.82. The van der Waals surface area contributed by atoms with E-state index in [9.17, 15) is 9.90 Å². The summed E-state index contributed by atoms with van der Waals surface area (Å²) in [5.74, 6) is -0.104. The fraction of sp³-hybridized carbons (Fsp3) is 0.923. The van der Waals surface area contributed by atoms with Gasteiger partial charge in [-0.2, -0.15) is 0 Å². The zero-order valence-corrected chi connectivity index (χ0v) is 10.6. The first-order valence-electron chi connectivity index (χ1n) is 6.54. The molecule has 0 radical (unpaired) electrons. The van der Waals surface area contributed by atoms with Crippen LogP contribution in [0.25, 0.3) is 0 Å². The van der Waals surface area contributed by atoms with Crippen LogP contribution in [0, 0.1) is 11.8 Å². The Hall–Kier alpha value is -0.450. The van der Waals surface area contributed by atoms with E-state index in [1.54, 1.807) is 7.11 Å². The average Bonchev–Trinajstić information content (AvgIpc) is 2.77. The Labute approximate surface area is 102 Å². The van der Waals surface area contributed by atoms with Gasteiger partial charge in [-0.05, 0) is 12.8 Å². The van der Waals surface area contributed by atoms with Gasteiger partial charge in [-0.3, -0.25) is 4.79 Å². The summed E-state index contributed by atoms with van der Waals surface area (Å²) in [5.41, 5.74) is 0. The van der Waals surface area contributed by atoms with E-state index in [0.717, 1.165) is 19.3 Å². The first kappa shape index (κ1) is 13.0. The molecule has 2 rings (SSSR count). The summed E-state index contributed by atoms with van der Waals surface area (Å²) >= 11 is 0. The molecule has 0 aromatic rings. The quantitative estimate of drug-likeness (QED) is 0.803. The van der Waals surface area contributed by atoms with Gasteiger partial charge in [0.2, 0.25) is 0 Å². The molecule has 1 saturated heterocycles. The minimum absolute atomic E-state index is 0.0700. The van der Waals surface area contributed by atoms with Crippen LogP contribution in [-0.4, -0.2) is 42.9 Å². The zero-order chi connectivity index (χ0) is 12.4. The van der Waals surface area contributed by atoms with Crippen LogP contribution < -0.4 is 0 Å². The van der Waals surface area contributed by atoms with Crippen LogP contribution in [0.5, 0.6) is 0 Å². The minimum Gasteiger partial charge on any atom is -0.392 e. The number of carbonyl (C=O) groups excluding carboxylic acids is 1. The number of ether oxygens (including phenoxy) is 2. The van der Waals surface area contributed by atoms with Crippen molar-refractivity contribution in [1.29, 1.82) is 0 Å². The number of Topliss-reactive ketones (excluding diaryl/α,β-unsaturated/α-hetero) is 1. The van der Waals surface area contributed by atoms with E-state index in [-0.39, 0.29) is 29.8 Å². The summed E-state index contributed by atoms with van der Waals surface area (Å²) in [7, 11) is 1.61. The van der Waals surface area contributed by atoms with Crippen molar-refractivity contribution in [2.45, 2.75) is 50.9 Å². The van der Waals surface area contributed by atoms with Gasteiger partial charge in [0.1, 0.15) is 5.78 Å². The zero-order valence-electron chi connectivity index (χ0n) is 10.6. The number of hydrogen-bond donors (Lipinski definition) is 1. The molecule has 2 aliphatic rings. The third-order valence-corrected chi connectivity index (χ3v) is 4.10. The van der Waals surface area contributed by atoms with E-state index < -0.39 is 6.10 Å². The first-order chi connectivity index (χ1) is 8.19.